The molecule has 143 heavy (non-hydrogen) atoms. The van der Waals surface area contributed by atoms with Gasteiger partial charge in [0, 0.05) is 81.7 Å². The van der Waals surface area contributed by atoms with Crippen molar-refractivity contribution in [2.75, 3.05) is 0 Å². The van der Waals surface area contributed by atoms with Crippen LogP contribution >= 0.6 is 0 Å². The van der Waals surface area contributed by atoms with Gasteiger partial charge in [0.05, 0.1) is 61.0 Å². The predicted molar refractivity (Wildman–Crippen MR) is 591 cm³/mol. The molecule has 6 heterocycles. The van der Waals surface area contributed by atoms with Gasteiger partial charge in [-0.1, -0.05) is 419 Å². The third-order valence-electron chi connectivity index (χ3n) is 29.3. The predicted octanol–water partition coefficient (Wildman–Crippen LogP) is 34.2. The standard InChI is InChI=1S/C49H30N4.2C42H25N3/c1-4-15-31(16-5-1)34-27-28-39-36-22-11-10-21-35(36)37-24-14-26-42-45(37)46-43(30-29-38(34)44(39)46)53(42)41-25-13-12-23-40(41)49-51-47(32-17-6-2-7-18-32)50-48(52-49)33-19-8-3-9-20-33;1-3-12-26(13-4-1)28-22-23-33-30-17-8-7-16-29(30)31-18-11-21-36-39(31)40-37(25-24-32(28)38(33)40)45(36)42-41(27-14-5-2-6-15-27)43-34-19-9-10-20-35(34)44-42;1-3-12-26(13-4-1)28-22-23-33-30-17-8-7-16-29(30)31-19-11-21-36-39(31)40-37(25-24-32(28)38(33)40)45(36)42-43-35-20-10-9-18-34(35)41(44-42)27-14-5-2-6-15-27/h1-30H;2*1-25H. The van der Waals surface area contributed by atoms with Crippen molar-refractivity contribution in [1.29, 1.82) is 0 Å². The van der Waals surface area contributed by atoms with Crippen molar-refractivity contribution in [2.24, 2.45) is 0 Å². The fourth-order valence-electron chi connectivity index (χ4n) is 23.2. The lowest BCUT2D eigenvalue weighted by molar-refractivity contribution is 1.01. The van der Waals surface area contributed by atoms with Gasteiger partial charge < -0.3 is 4.57 Å². The minimum Gasteiger partial charge on any atom is -0.308 e. The lowest BCUT2D eigenvalue weighted by atomic mass is 9.90. The van der Waals surface area contributed by atoms with Gasteiger partial charge in [0.25, 0.3) is 0 Å². The zero-order valence-corrected chi connectivity index (χ0v) is 77.2. The van der Waals surface area contributed by atoms with Crippen molar-refractivity contribution in [2.45, 2.75) is 0 Å². The van der Waals surface area contributed by atoms with E-state index < -0.39 is 0 Å². The third-order valence-corrected chi connectivity index (χ3v) is 29.3. The molecule has 3 aliphatic rings. The maximum Gasteiger partial charge on any atom is 0.235 e. The Hall–Kier alpha value is -19.3. The Morgan fingerprint density at radius 1 is 0.133 bits per heavy atom. The molecule has 0 atom stereocenters. The highest BCUT2D eigenvalue weighted by molar-refractivity contribution is 6.35. The van der Waals surface area contributed by atoms with Crippen LogP contribution in [0.5, 0.6) is 0 Å². The minimum absolute atomic E-state index is 0.629. The molecule has 3 aliphatic carbocycles. The molecule has 0 saturated carbocycles. The lowest BCUT2D eigenvalue weighted by Crippen LogP contribution is -2.04. The average molecular weight is 1820 g/mol. The quantitative estimate of drug-likeness (QED) is 0.127. The van der Waals surface area contributed by atoms with E-state index in [9.17, 15) is 0 Å². The molecular weight excluding hydrogens is 1740 g/mol. The maximum absolute atomic E-state index is 5.35. The summed E-state index contributed by atoms with van der Waals surface area (Å²) in [5, 5.41) is 16.2. The smallest absolute Gasteiger partial charge is 0.235 e. The zero-order chi connectivity index (χ0) is 93.8. The van der Waals surface area contributed by atoms with Crippen LogP contribution in [0.25, 0.3) is 294 Å². The summed E-state index contributed by atoms with van der Waals surface area (Å²) in [7, 11) is 0. The van der Waals surface area contributed by atoms with Crippen LogP contribution in [0, 0.1) is 0 Å². The number of nitrogens with zero attached hydrogens (tertiary/aromatic N) is 10. The summed E-state index contributed by atoms with van der Waals surface area (Å²) in [6, 6.07) is 173. The first-order valence-electron chi connectivity index (χ1n) is 48.7. The molecule has 31 rings (SSSR count). The molecule has 10 heteroatoms. The van der Waals surface area contributed by atoms with Crippen molar-refractivity contribution >= 4 is 120 Å². The van der Waals surface area contributed by atoms with Crippen LogP contribution in [0.2, 0.25) is 0 Å². The van der Waals surface area contributed by atoms with Crippen molar-refractivity contribution in [3.05, 3.63) is 485 Å². The normalized spacial score (nSPS) is 11.9. The molecule has 0 spiro atoms. The van der Waals surface area contributed by atoms with Crippen LogP contribution in [0.15, 0.2) is 485 Å². The van der Waals surface area contributed by atoms with E-state index in [4.69, 9.17) is 34.9 Å². The summed E-state index contributed by atoms with van der Waals surface area (Å²) in [6.45, 7) is 0. The summed E-state index contributed by atoms with van der Waals surface area (Å²) in [6.07, 6.45) is 0. The van der Waals surface area contributed by atoms with Gasteiger partial charge in [-0.25, -0.2) is 34.9 Å². The first-order chi connectivity index (χ1) is 71.0. The number of hydrogen-bond acceptors (Lipinski definition) is 7. The van der Waals surface area contributed by atoms with Gasteiger partial charge >= 0.3 is 0 Å². The molecule has 0 N–H and O–H groups in total. The number of rotatable bonds is 11. The monoisotopic (exact) mass is 1820 g/mol. The average Bonchev–Trinajstić information content (AvgIpc) is 1.53. The zero-order valence-electron chi connectivity index (χ0n) is 77.2. The van der Waals surface area contributed by atoms with E-state index in [0.29, 0.717) is 23.4 Å². The minimum atomic E-state index is 0.629. The summed E-state index contributed by atoms with van der Waals surface area (Å²) in [5.41, 5.74) is 39.6. The first-order valence-corrected chi connectivity index (χ1v) is 48.7. The number of benzene rings is 22. The van der Waals surface area contributed by atoms with E-state index in [2.05, 4.69) is 432 Å². The second kappa shape index (κ2) is 32.7. The number of aromatic nitrogens is 10. The van der Waals surface area contributed by atoms with E-state index in [-0.39, 0.29) is 0 Å². The van der Waals surface area contributed by atoms with Crippen LogP contribution in [-0.4, -0.2) is 48.6 Å². The van der Waals surface area contributed by atoms with Gasteiger partial charge in [0.2, 0.25) is 5.95 Å². The Kier molecular flexibility index (Phi) is 18.5. The molecule has 0 unspecified atom stereocenters. The van der Waals surface area contributed by atoms with E-state index in [1.54, 1.807) is 0 Å². The van der Waals surface area contributed by atoms with Crippen molar-refractivity contribution < 1.29 is 0 Å². The van der Waals surface area contributed by atoms with Crippen LogP contribution < -0.4 is 0 Å². The van der Waals surface area contributed by atoms with E-state index in [0.717, 1.165) is 106 Å². The number of hydrogen-bond donors (Lipinski definition) is 0. The van der Waals surface area contributed by atoms with Gasteiger partial charge in [-0.3, -0.25) is 9.13 Å². The van der Waals surface area contributed by atoms with Crippen molar-refractivity contribution in [3.63, 3.8) is 0 Å². The van der Waals surface area contributed by atoms with Crippen molar-refractivity contribution in [3.8, 4) is 174 Å². The van der Waals surface area contributed by atoms with E-state index >= 15 is 0 Å². The maximum atomic E-state index is 5.35. The van der Waals surface area contributed by atoms with Gasteiger partial charge in [-0.15, -0.1) is 0 Å². The van der Waals surface area contributed by atoms with E-state index in [1.807, 2.05) is 66.7 Å². The van der Waals surface area contributed by atoms with Crippen LogP contribution in [0.3, 0.4) is 0 Å². The van der Waals surface area contributed by atoms with E-state index in [1.165, 1.54) is 165 Å². The molecule has 662 valence electrons. The Labute approximate surface area is 822 Å². The molecular formula is C133H80N10. The SMILES string of the molecule is c1ccc(-c2nc(-c3ccccc3)nc(-c3ccccc3-n3c4cccc5c4c4c6c(ccc(-c7ccccc7)c6ccc43)-c3ccccc3-5)n2)cc1.c1ccc(-c2nc(-n3c4cccc5c4c4c6c(ccc(-c7ccccc7)c6ccc43)-c3ccccc3-5)nc3ccccc23)cc1.c1ccc(-c2nc3ccccc3nc2-n2c3cccc4c3c3c5c(ccc(-c6ccccc6)c5ccc32)-c2ccccc2-4)cc1. The fraction of sp³-hybridized carbons (Fsp3) is 0. The van der Waals surface area contributed by atoms with Gasteiger partial charge in [-0.2, -0.15) is 0 Å². The highest BCUT2D eigenvalue weighted by Crippen LogP contribution is 2.57. The molecule has 0 bridgehead atoms. The second-order valence-corrected chi connectivity index (χ2v) is 37.0. The van der Waals surface area contributed by atoms with Gasteiger partial charge in [0.1, 0.15) is 5.69 Å². The van der Waals surface area contributed by atoms with Crippen LogP contribution in [0.4, 0.5) is 0 Å². The summed E-state index contributed by atoms with van der Waals surface area (Å²) >= 11 is 0. The molecule has 10 nitrogen and oxygen atoms in total. The molecule has 28 aromatic rings. The molecule has 0 aliphatic heterocycles. The lowest BCUT2D eigenvalue weighted by Gasteiger charge is -2.17. The van der Waals surface area contributed by atoms with Gasteiger partial charge in [-0.05, 0) is 183 Å². The Morgan fingerprint density at radius 2 is 0.427 bits per heavy atom. The summed E-state index contributed by atoms with van der Waals surface area (Å²) in [4.78, 5) is 36.4. The molecule has 22 aromatic carbocycles. The highest BCUT2D eigenvalue weighted by atomic mass is 15.2. The number of fused-ring (bicyclic) bond motifs is 11. The molecule has 0 amide bonds. The molecule has 0 radical (unpaired) electrons. The summed E-state index contributed by atoms with van der Waals surface area (Å²) in [5.74, 6) is 3.43. The first kappa shape index (κ1) is 80.9. The Balaban J connectivity index is 0.000000103. The third kappa shape index (κ3) is 12.7. The molecule has 0 fully saturated rings. The fourth-order valence-corrected chi connectivity index (χ4v) is 23.2. The van der Waals surface area contributed by atoms with Crippen LogP contribution in [-0.2, 0) is 0 Å². The summed E-state index contributed by atoms with van der Waals surface area (Å²) < 4.78 is 7.05. The highest BCUT2D eigenvalue weighted by Gasteiger charge is 2.33. The Bertz CT molecular complexity index is 10100. The Morgan fingerprint density at radius 3 is 0.853 bits per heavy atom. The van der Waals surface area contributed by atoms with Gasteiger partial charge in [0.15, 0.2) is 23.3 Å². The molecule has 6 aromatic heterocycles. The van der Waals surface area contributed by atoms with Crippen molar-refractivity contribution in [1.82, 2.24) is 48.6 Å². The topological polar surface area (TPSA) is 105 Å². The molecule has 0 saturated heterocycles. The largest absolute Gasteiger partial charge is 0.308 e. The van der Waals surface area contributed by atoms with Crippen LogP contribution in [0.1, 0.15) is 0 Å². The number of para-hydroxylation sites is 4. The second-order valence-electron chi connectivity index (χ2n) is 37.0.